The topological polar surface area (TPSA) is 79.4 Å². The molecule has 7 heteroatoms. The second-order valence-corrected chi connectivity index (χ2v) is 4.68. The number of hydrogen-bond donors (Lipinski definition) is 2. The average Bonchev–Trinajstić information content (AvgIpc) is 2.91. The third kappa shape index (κ3) is 3.12. The molecule has 0 spiro atoms. The Balaban J connectivity index is 2.14. The summed E-state index contributed by atoms with van der Waals surface area (Å²) >= 11 is 11.8. The molecule has 0 bridgehead atoms. The molecule has 1 aromatic heterocycles. The van der Waals surface area contributed by atoms with Crippen LogP contribution in [-0.2, 0) is 0 Å². The Bertz CT molecular complexity index is 629. The number of ketones is 1. The van der Waals surface area contributed by atoms with Crippen LogP contribution < -0.4 is 4.74 Å². The van der Waals surface area contributed by atoms with Crippen molar-refractivity contribution >= 4 is 35.0 Å². The lowest BCUT2D eigenvalue weighted by atomic mass is 10.2. The van der Waals surface area contributed by atoms with Gasteiger partial charge in [-0.1, -0.05) is 23.2 Å². The second kappa shape index (κ2) is 5.98. The monoisotopic (exact) mass is 313 g/mol. The SMILES string of the molecule is O=C(O)c1cc(Cl)c(OCC(=O)c2ccc[nH]2)c(Cl)c1. The summed E-state index contributed by atoms with van der Waals surface area (Å²) in [6.07, 6.45) is 1.62. The first-order valence-electron chi connectivity index (χ1n) is 5.50. The van der Waals surface area contributed by atoms with E-state index in [0.29, 0.717) is 5.69 Å². The second-order valence-electron chi connectivity index (χ2n) is 3.87. The summed E-state index contributed by atoms with van der Waals surface area (Å²) in [5.74, 6) is -1.34. The van der Waals surface area contributed by atoms with Gasteiger partial charge in [-0.25, -0.2) is 4.79 Å². The number of carbonyl (C=O) groups excluding carboxylic acids is 1. The average molecular weight is 314 g/mol. The Morgan fingerprint density at radius 3 is 2.40 bits per heavy atom. The molecule has 104 valence electrons. The minimum Gasteiger partial charge on any atom is -0.482 e. The van der Waals surface area contributed by atoms with Gasteiger partial charge in [0.05, 0.1) is 21.3 Å². The zero-order valence-electron chi connectivity index (χ0n) is 10.0. The largest absolute Gasteiger partial charge is 0.482 e. The van der Waals surface area contributed by atoms with Crippen molar-refractivity contribution < 1.29 is 19.4 Å². The van der Waals surface area contributed by atoms with E-state index in [1.165, 1.54) is 12.1 Å². The highest BCUT2D eigenvalue weighted by Gasteiger charge is 2.15. The number of carboxylic acids is 1. The zero-order chi connectivity index (χ0) is 14.7. The van der Waals surface area contributed by atoms with Gasteiger partial charge in [0.25, 0.3) is 0 Å². The highest BCUT2D eigenvalue weighted by Crippen LogP contribution is 2.34. The summed E-state index contributed by atoms with van der Waals surface area (Å²) in [6.45, 7) is -0.258. The van der Waals surface area contributed by atoms with Crippen molar-refractivity contribution in [2.75, 3.05) is 6.61 Å². The molecular weight excluding hydrogens is 305 g/mol. The number of rotatable bonds is 5. The molecule has 0 radical (unpaired) electrons. The Hall–Kier alpha value is -1.98. The summed E-state index contributed by atoms with van der Waals surface area (Å²) in [5.41, 5.74) is 0.349. The molecule has 0 saturated carbocycles. The van der Waals surface area contributed by atoms with Crippen LogP contribution in [0.15, 0.2) is 30.5 Å². The molecule has 2 aromatic rings. The molecular formula is C13H9Cl2NO4. The van der Waals surface area contributed by atoms with Gasteiger partial charge >= 0.3 is 5.97 Å². The van der Waals surface area contributed by atoms with E-state index >= 15 is 0 Å². The highest BCUT2D eigenvalue weighted by atomic mass is 35.5. The van der Waals surface area contributed by atoms with Crippen molar-refractivity contribution in [2.45, 2.75) is 0 Å². The van der Waals surface area contributed by atoms with E-state index in [-0.39, 0.29) is 33.7 Å². The van der Waals surface area contributed by atoms with Crippen LogP contribution in [0.3, 0.4) is 0 Å². The van der Waals surface area contributed by atoms with Crippen molar-refractivity contribution in [2.24, 2.45) is 0 Å². The van der Waals surface area contributed by atoms with Gasteiger partial charge in [-0.15, -0.1) is 0 Å². The van der Waals surface area contributed by atoms with Crippen LogP contribution in [-0.4, -0.2) is 28.4 Å². The molecule has 0 fully saturated rings. The van der Waals surface area contributed by atoms with Gasteiger partial charge in [0, 0.05) is 6.20 Å². The maximum atomic E-state index is 11.7. The van der Waals surface area contributed by atoms with Gasteiger partial charge in [0.1, 0.15) is 0 Å². The minimum absolute atomic E-state index is 0.0363. The van der Waals surface area contributed by atoms with E-state index in [1.807, 2.05) is 0 Å². The highest BCUT2D eigenvalue weighted by molar-refractivity contribution is 6.37. The van der Waals surface area contributed by atoms with Crippen LogP contribution in [0, 0.1) is 0 Å². The molecule has 0 aliphatic rings. The van der Waals surface area contributed by atoms with Crippen molar-refractivity contribution in [3.63, 3.8) is 0 Å². The number of hydrogen-bond acceptors (Lipinski definition) is 3. The van der Waals surface area contributed by atoms with Crippen LogP contribution in [0.25, 0.3) is 0 Å². The number of aromatic amines is 1. The molecule has 0 saturated heterocycles. The molecule has 2 rings (SSSR count). The molecule has 1 aromatic carbocycles. The first-order valence-corrected chi connectivity index (χ1v) is 6.26. The van der Waals surface area contributed by atoms with E-state index in [2.05, 4.69) is 4.98 Å². The minimum atomic E-state index is -1.15. The summed E-state index contributed by atoms with van der Waals surface area (Å²) in [4.78, 5) is 25.3. The fourth-order valence-electron chi connectivity index (χ4n) is 1.54. The predicted octanol–water partition coefficient (Wildman–Crippen LogP) is 3.28. The molecule has 0 amide bonds. The molecule has 2 N–H and O–H groups in total. The van der Waals surface area contributed by atoms with Crippen molar-refractivity contribution in [1.29, 1.82) is 0 Å². The molecule has 0 unspecified atom stereocenters. The van der Waals surface area contributed by atoms with Crippen LogP contribution in [0.2, 0.25) is 10.0 Å². The van der Waals surface area contributed by atoms with Crippen molar-refractivity contribution in [3.8, 4) is 5.75 Å². The third-order valence-corrected chi connectivity index (χ3v) is 3.05. The first-order chi connectivity index (χ1) is 9.49. The molecule has 20 heavy (non-hydrogen) atoms. The number of benzene rings is 1. The maximum Gasteiger partial charge on any atom is 0.335 e. The van der Waals surface area contributed by atoms with Gasteiger partial charge in [-0.3, -0.25) is 4.79 Å². The summed E-state index contributed by atoms with van der Waals surface area (Å²) in [6, 6.07) is 5.73. The fraction of sp³-hybridized carbons (Fsp3) is 0.0769. The van der Waals surface area contributed by atoms with Crippen molar-refractivity contribution in [1.82, 2.24) is 4.98 Å². The summed E-state index contributed by atoms with van der Waals surface area (Å²) < 4.78 is 5.26. The number of Topliss-reactive ketones (excluding diaryl/α,β-unsaturated/α-hetero) is 1. The van der Waals surface area contributed by atoms with Gasteiger partial charge in [0.15, 0.2) is 12.4 Å². The number of carboxylic acid groups (broad SMARTS) is 1. The number of nitrogens with one attached hydrogen (secondary N) is 1. The zero-order valence-corrected chi connectivity index (χ0v) is 11.5. The third-order valence-electron chi connectivity index (χ3n) is 2.49. The van der Waals surface area contributed by atoms with Crippen LogP contribution in [0.1, 0.15) is 20.8 Å². The number of aromatic nitrogens is 1. The Morgan fingerprint density at radius 2 is 1.90 bits per heavy atom. The normalized spacial score (nSPS) is 10.3. The van der Waals surface area contributed by atoms with Crippen LogP contribution in [0.4, 0.5) is 0 Å². The molecule has 0 atom stereocenters. The number of halogens is 2. The molecule has 1 heterocycles. The van der Waals surface area contributed by atoms with E-state index in [0.717, 1.165) is 0 Å². The molecule has 0 aliphatic heterocycles. The van der Waals surface area contributed by atoms with Crippen LogP contribution in [0.5, 0.6) is 5.75 Å². The van der Waals surface area contributed by atoms with E-state index in [9.17, 15) is 9.59 Å². The first kappa shape index (κ1) is 14.4. The van der Waals surface area contributed by atoms with Crippen LogP contribution >= 0.6 is 23.2 Å². The lowest BCUT2D eigenvalue weighted by Crippen LogP contribution is -2.12. The van der Waals surface area contributed by atoms with E-state index in [1.54, 1.807) is 18.3 Å². The Morgan fingerprint density at radius 1 is 1.25 bits per heavy atom. The summed E-state index contributed by atoms with van der Waals surface area (Å²) in [7, 11) is 0. The van der Waals surface area contributed by atoms with E-state index < -0.39 is 5.97 Å². The molecule has 5 nitrogen and oxygen atoms in total. The van der Waals surface area contributed by atoms with Crippen molar-refractivity contribution in [3.05, 3.63) is 51.8 Å². The van der Waals surface area contributed by atoms with Gasteiger partial charge in [-0.05, 0) is 24.3 Å². The maximum absolute atomic E-state index is 11.7. The quantitative estimate of drug-likeness (QED) is 0.830. The number of H-pyrrole nitrogens is 1. The number of aromatic carboxylic acids is 1. The number of ether oxygens (including phenoxy) is 1. The van der Waals surface area contributed by atoms with E-state index in [4.69, 9.17) is 33.0 Å². The number of carbonyl (C=O) groups is 2. The van der Waals surface area contributed by atoms with Gasteiger partial charge in [0.2, 0.25) is 5.78 Å². The van der Waals surface area contributed by atoms with Gasteiger partial charge < -0.3 is 14.8 Å². The smallest absolute Gasteiger partial charge is 0.335 e. The fourth-order valence-corrected chi connectivity index (χ4v) is 2.14. The van der Waals surface area contributed by atoms with Gasteiger partial charge in [-0.2, -0.15) is 0 Å². The Labute approximate surface area is 124 Å². The predicted molar refractivity (Wildman–Crippen MR) is 74.0 cm³/mol. The Kier molecular flexibility index (Phi) is 4.32. The lowest BCUT2D eigenvalue weighted by Gasteiger charge is -2.09. The standard InChI is InChI=1S/C13H9Cl2NO4/c14-8-4-7(13(18)19)5-9(15)12(8)20-6-11(17)10-2-1-3-16-10/h1-5,16H,6H2,(H,18,19). The molecule has 0 aliphatic carbocycles. The summed E-state index contributed by atoms with van der Waals surface area (Å²) in [5, 5.41) is 8.92. The lowest BCUT2D eigenvalue weighted by molar-refractivity contribution is 0.0696.